The van der Waals surface area contributed by atoms with Crippen LogP contribution in [0.15, 0.2) is 53.4 Å². The van der Waals surface area contributed by atoms with Gasteiger partial charge in [-0.3, -0.25) is 9.59 Å². The third-order valence-corrected chi connectivity index (χ3v) is 8.03. The largest absolute Gasteiger partial charge is 0.353 e. The number of para-hydroxylation sites is 1. The average Bonchev–Trinajstić information content (AvgIpc) is 3.42. The van der Waals surface area contributed by atoms with Crippen molar-refractivity contribution in [3.8, 4) is 0 Å². The molecular formula is C26H32N2O2S. The van der Waals surface area contributed by atoms with Gasteiger partial charge in [-0.2, -0.15) is 0 Å². The number of thioether (sulfide) groups is 1. The predicted molar refractivity (Wildman–Crippen MR) is 127 cm³/mol. The number of anilines is 1. The summed E-state index contributed by atoms with van der Waals surface area (Å²) in [5.41, 5.74) is 2.55. The summed E-state index contributed by atoms with van der Waals surface area (Å²) in [6, 6.07) is 15.6. The van der Waals surface area contributed by atoms with E-state index in [1.54, 1.807) is 0 Å². The zero-order valence-electron chi connectivity index (χ0n) is 18.4. The van der Waals surface area contributed by atoms with E-state index in [0.29, 0.717) is 17.2 Å². The molecule has 2 aliphatic carbocycles. The van der Waals surface area contributed by atoms with Crippen molar-refractivity contribution in [1.82, 2.24) is 5.32 Å². The number of rotatable bonds is 8. The molecular weight excluding hydrogens is 404 g/mol. The Morgan fingerprint density at radius 3 is 2.58 bits per heavy atom. The molecule has 0 radical (unpaired) electrons. The predicted octanol–water partition coefficient (Wildman–Crippen LogP) is 5.53. The molecule has 4 atom stereocenters. The van der Waals surface area contributed by atoms with Crippen LogP contribution in [-0.4, -0.2) is 23.6 Å². The molecule has 2 aromatic carbocycles. The number of benzene rings is 2. The summed E-state index contributed by atoms with van der Waals surface area (Å²) in [7, 11) is 0. The smallest absolute Gasteiger partial charge is 0.256 e. The van der Waals surface area contributed by atoms with Gasteiger partial charge in [-0.05, 0) is 74.1 Å². The fraction of sp³-hybridized carbons (Fsp3) is 0.462. The second-order valence-electron chi connectivity index (χ2n) is 8.94. The maximum atomic E-state index is 12.9. The van der Waals surface area contributed by atoms with Crippen LogP contribution in [0.3, 0.4) is 0 Å². The first-order valence-corrected chi connectivity index (χ1v) is 12.4. The van der Waals surface area contributed by atoms with E-state index in [4.69, 9.17) is 0 Å². The Morgan fingerprint density at radius 1 is 1.06 bits per heavy atom. The van der Waals surface area contributed by atoms with Crippen molar-refractivity contribution in [3.63, 3.8) is 0 Å². The molecule has 2 bridgehead atoms. The first kappa shape index (κ1) is 21.9. The first-order chi connectivity index (χ1) is 15.0. The number of carbonyl (C=O) groups excluding carboxylic acids is 2. The van der Waals surface area contributed by atoms with Crippen molar-refractivity contribution < 1.29 is 9.59 Å². The molecule has 0 heterocycles. The van der Waals surface area contributed by atoms with Gasteiger partial charge >= 0.3 is 0 Å². The minimum atomic E-state index is -0.139. The molecule has 0 saturated heterocycles. The number of amides is 2. The van der Waals surface area contributed by atoms with Crippen LogP contribution in [0.25, 0.3) is 0 Å². The molecule has 2 amide bonds. The highest BCUT2D eigenvalue weighted by atomic mass is 32.2. The summed E-state index contributed by atoms with van der Waals surface area (Å²) in [4.78, 5) is 26.4. The molecule has 2 saturated carbocycles. The van der Waals surface area contributed by atoms with Gasteiger partial charge in [0.2, 0.25) is 5.91 Å². The van der Waals surface area contributed by atoms with Crippen molar-refractivity contribution >= 4 is 29.3 Å². The van der Waals surface area contributed by atoms with Crippen molar-refractivity contribution in [2.75, 3.05) is 11.1 Å². The van der Waals surface area contributed by atoms with Gasteiger partial charge < -0.3 is 10.6 Å². The molecule has 31 heavy (non-hydrogen) atoms. The van der Waals surface area contributed by atoms with Gasteiger partial charge in [0.1, 0.15) is 0 Å². The molecule has 2 aliphatic rings. The fourth-order valence-electron chi connectivity index (χ4n) is 5.37. The van der Waals surface area contributed by atoms with Gasteiger partial charge in [0.25, 0.3) is 5.91 Å². The van der Waals surface area contributed by atoms with E-state index >= 15 is 0 Å². The van der Waals surface area contributed by atoms with Gasteiger partial charge in [-0.25, -0.2) is 0 Å². The molecule has 0 spiro atoms. The molecule has 2 aromatic rings. The Balaban J connectivity index is 1.35. The Kier molecular flexibility index (Phi) is 7.01. The normalized spacial score (nSPS) is 22.8. The quantitative estimate of drug-likeness (QED) is 0.535. The summed E-state index contributed by atoms with van der Waals surface area (Å²) in [6.45, 7) is 4.23. The van der Waals surface area contributed by atoms with Crippen LogP contribution in [0.1, 0.15) is 55.5 Å². The SMILES string of the molecule is CCc1ccccc1NC(=O)c1ccccc1SCC(=O)NC(C)C1CC2CCC1C2. The number of hydrogen-bond donors (Lipinski definition) is 2. The van der Waals surface area contributed by atoms with Gasteiger partial charge in [-0.15, -0.1) is 11.8 Å². The van der Waals surface area contributed by atoms with Crippen LogP contribution < -0.4 is 10.6 Å². The highest BCUT2D eigenvalue weighted by molar-refractivity contribution is 8.00. The minimum absolute atomic E-state index is 0.0480. The molecule has 2 N–H and O–H groups in total. The third kappa shape index (κ3) is 5.15. The van der Waals surface area contributed by atoms with Crippen molar-refractivity contribution in [3.05, 3.63) is 59.7 Å². The molecule has 4 nitrogen and oxygen atoms in total. The molecule has 0 aliphatic heterocycles. The maximum Gasteiger partial charge on any atom is 0.256 e. The van der Waals surface area contributed by atoms with Crippen molar-refractivity contribution in [2.24, 2.45) is 17.8 Å². The first-order valence-electron chi connectivity index (χ1n) is 11.5. The number of hydrogen-bond acceptors (Lipinski definition) is 3. The van der Waals surface area contributed by atoms with E-state index in [-0.39, 0.29) is 17.9 Å². The zero-order chi connectivity index (χ0) is 21.8. The van der Waals surface area contributed by atoms with E-state index in [1.807, 2.05) is 48.5 Å². The topological polar surface area (TPSA) is 58.2 Å². The van der Waals surface area contributed by atoms with E-state index in [1.165, 1.54) is 37.4 Å². The van der Waals surface area contributed by atoms with E-state index < -0.39 is 0 Å². The summed E-state index contributed by atoms with van der Waals surface area (Å²) in [6.07, 6.45) is 6.17. The minimum Gasteiger partial charge on any atom is -0.353 e. The summed E-state index contributed by atoms with van der Waals surface area (Å²) in [5, 5.41) is 6.26. The van der Waals surface area contributed by atoms with Gasteiger partial charge in [0.05, 0.1) is 11.3 Å². The molecule has 0 aromatic heterocycles. The Morgan fingerprint density at radius 2 is 1.84 bits per heavy atom. The molecule has 164 valence electrons. The highest BCUT2D eigenvalue weighted by Gasteiger charge is 2.42. The monoisotopic (exact) mass is 436 g/mol. The summed E-state index contributed by atoms with van der Waals surface area (Å²) < 4.78 is 0. The number of carbonyl (C=O) groups is 2. The number of nitrogens with one attached hydrogen (secondary N) is 2. The van der Waals surface area contributed by atoms with Crippen LogP contribution in [-0.2, 0) is 11.2 Å². The summed E-state index contributed by atoms with van der Waals surface area (Å²) in [5.74, 6) is 2.53. The fourth-order valence-corrected chi connectivity index (χ4v) is 6.23. The lowest BCUT2D eigenvalue weighted by molar-refractivity contribution is -0.119. The second-order valence-corrected chi connectivity index (χ2v) is 9.96. The van der Waals surface area contributed by atoms with Crippen LogP contribution in [0, 0.1) is 17.8 Å². The molecule has 4 unspecified atom stereocenters. The van der Waals surface area contributed by atoms with E-state index in [9.17, 15) is 9.59 Å². The standard InChI is InChI=1S/C26H32N2O2S/c1-3-19-8-4-6-10-23(19)28-26(30)21-9-5-7-11-24(21)31-16-25(29)27-17(2)22-15-18-12-13-20(22)14-18/h4-11,17-18,20,22H,3,12-16H2,1-2H3,(H,27,29)(H,28,30). The van der Waals surface area contributed by atoms with E-state index in [2.05, 4.69) is 24.5 Å². The van der Waals surface area contributed by atoms with Crippen molar-refractivity contribution in [2.45, 2.75) is 56.9 Å². The lowest BCUT2D eigenvalue weighted by atomic mass is 9.84. The lowest BCUT2D eigenvalue weighted by Crippen LogP contribution is -2.40. The molecule has 5 heteroatoms. The van der Waals surface area contributed by atoms with Crippen LogP contribution in [0.5, 0.6) is 0 Å². The molecule has 2 fully saturated rings. The van der Waals surface area contributed by atoms with Crippen molar-refractivity contribution in [1.29, 1.82) is 0 Å². The summed E-state index contributed by atoms with van der Waals surface area (Å²) >= 11 is 1.43. The lowest BCUT2D eigenvalue weighted by Gasteiger charge is -2.28. The Hall–Kier alpha value is -2.27. The average molecular weight is 437 g/mol. The third-order valence-electron chi connectivity index (χ3n) is 6.96. The van der Waals surface area contributed by atoms with Crippen LogP contribution in [0.2, 0.25) is 0 Å². The van der Waals surface area contributed by atoms with Gasteiger partial charge in [0.15, 0.2) is 0 Å². The Labute approximate surface area is 189 Å². The second kappa shape index (κ2) is 9.90. The zero-order valence-corrected chi connectivity index (χ0v) is 19.2. The molecule has 4 rings (SSSR count). The Bertz CT molecular complexity index is 945. The number of fused-ring (bicyclic) bond motifs is 2. The van der Waals surface area contributed by atoms with E-state index in [0.717, 1.165) is 34.4 Å². The van der Waals surface area contributed by atoms with Gasteiger partial charge in [0, 0.05) is 16.6 Å². The van der Waals surface area contributed by atoms with Gasteiger partial charge in [-0.1, -0.05) is 43.7 Å². The number of aryl methyl sites for hydroxylation is 1. The maximum absolute atomic E-state index is 12.9. The van der Waals surface area contributed by atoms with Crippen LogP contribution >= 0.6 is 11.8 Å². The highest BCUT2D eigenvalue weighted by Crippen LogP contribution is 2.49. The van der Waals surface area contributed by atoms with Crippen LogP contribution in [0.4, 0.5) is 5.69 Å².